The number of hydrogen-bond donors (Lipinski definition) is 0. The summed E-state index contributed by atoms with van der Waals surface area (Å²) in [6.45, 7) is 7.58. The molecule has 3 aromatic heterocycles. The van der Waals surface area contributed by atoms with E-state index in [0.717, 1.165) is 73.3 Å². The molecule has 10 nitrogen and oxygen atoms in total. The van der Waals surface area contributed by atoms with Crippen LogP contribution < -0.4 is 10.5 Å². The molecule has 0 N–H and O–H groups in total. The predicted octanol–water partition coefficient (Wildman–Crippen LogP) is 4.05. The lowest BCUT2D eigenvalue weighted by atomic mass is 9.98. The van der Waals surface area contributed by atoms with Gasteiger partial charge in [0.15, 0.2) is 12.0 Å². The molecule has 6 rings (SSSR count). The zero-order valence-corrected chi connectivity index (χ0v) is 23.9. The fourth-order valence-electron chi connectivity index (χ4n) is 6.42. The minimum absolute atomic E-state index is 0.0361. The highest BCUT2D eigenvalue weighted by molar-refractivity contribution is 5.87. The van der Waals surface area contributed by atoms with E-state index in [1.54, 1.807) is 30.1 Å². The lowest BCUT2D eigenvalue weighted by Crippen LogP contribution is -2.59. The minimum atomic E-state index is -0.139. The van der Waals surface area contributed by atoms with Crippen LogP contribution in [0.3, 0.4) is 0 Å². The molecule has 212 valence electrons. The summed E-state index contributed by atoms with van der Waals surface area (Å²) in [5.41, 5.74) is 4.70. The summed E-state index contributed by atoms with van der Waals surface area (Å²) in [4.78, 5) is 26.8. The van der Waals surface area contributed by atoms with Crippen molar-refractivity contribution >= 4 is 27.9 Å². The van der Waals surface area contributed by atoms with Gasteiger partial charge < -0.3 is 18.9 Å². The Balaban J connectivity index is 1.39. The molecule has 10 heteroatoms. The highest BCUT2D eigenvalue weighted by atomic mass is 16.5. The Bertz CT molecular complexity index is 1540. The fraction of sp³-hybridized carbons (Fsp3) is 0.533. The Morgan fingerprint density at radius 1 is 1.07 bits per heavy atom. The third-order valence-corrected chi connectivity index (χ3v) is 8.66. The zero-order valence-electron chi connectivity index (χ0n) is 23.9. The van der Waals surface area contributed by atoms with Gasteiger partial charge in [-0.25, -0.2) is 4.68 Å². The standard InChI is InChI=1S/C30H39N7O3/c1-20-18-36(30-29-25(10-11-27(38)34(29)3)33-37(30)28-7-5-6-15-40-28)23(12-16-39-4)19-35(20)21(2)22-8-9-24-26(17-22)32-14-13-31-24/h8-11,13-14,17,20-21,23,28H,5-7,12,15-16,18-19H2,1-4H3/t20-,21?,23+,28?/m1/s1. The molecular weight excluding hydrogens is 506 g/mol. The van der Waals surface area contributed by atoms with E-state index in [9.17, 15) is 4.79 Å². The van der Waals surface area contributed by atoms with Crippen molar-refractivity contribution in [1.82, 2.24) is 29.2 Å². The first-order valence-electron chi connectivity index (χ1n) is 14.4. The molecule has 0 spiro atoms. The Labute approximate surface area is 234 Å². The van der Waals surface area contributed by atoms with Crippen molar-refractivity contribution in [2.24, 2.45) is 7.05 Å². The largest absolute Gasteiger partial charge is 0.385 e. The Morgan fingerprint density at radius 2 is 1.88 bits per heavy atom. The predicted molar refractivity (Wildman–Crippen MR) is 156 cm³/mol. The number of piperazine rings is 1. The van der Waals surface area contributed by atoms with E-state index in [0.29, 0.717) is 6.61 Å². The van der Waals surface area contributed by atoms with Gasteiger partial charge in [0.2, 0.25) is 0 Å². The molecule has 2 unspecified atom stereocenters. The van der Waals surface area contributed by atoms with Crippen LogP contribution in [0, 0.1) is 0 Å². The van der Waals surface area contributed by atoms with Crippen LogP contribution in [0.25, 0.3) is 22.1 Å². The molecule has 2 fully saturated rings. The Kier molecular flexibility index (Phi) is 7.57. The number of anilines is 1. The lowest BCUT2D eigenvalue weighted by molar-refractivity contribution is -0.0387. The fourth-order valence-corrected chi connectivity index (χ4v) is 6.42. The van der Waals surface area contributed by atoms with E-state index < -0.39 is 0 Å². The van der Waals surface area contributed by atoms with Crippen LogP contribution >= 0.6 is 0 Å². The monoisotopic (exact) mass is 545 g/mol. The Hall–Kier alpha value is -3.34. The van der Waals surface area contributed by atoms with Gasteiger partial charge in [-0.3, -0.25) is 19.7 Å². The van der Waals surface area contributed by atoms with E-state index in [1.165, 1.54) is 5.56 Å². The van der Waals surface area contributed by atoms with Crippen LogP contribution in [0.2, 0.25) is 0 Å². The van der Waals surface area contributed by atoms with Crippen molar-refractivity contribution < 1.29 is 9.47 Å². The highest BCUT2D eigenvalue weighted by Crippen LogP contribution is 2.37. The molecule has 4 atom stereocenters. The van der Waals surface area contributed by atoms with Crippen LogP contribution in [0.5, 0.6) is 0 Å². The van der Waals surface area contributed by atoms with Crippen molar-refractivity contribution in [2.45, 2.75) is 63.9 Å². The molecule has 0 saturated carbocycles. The molecule has 5 heterocycles. The summed E-state index contributed by atoms with van der Waals surface area (Å²) in [6, 6.07) is 10.4. The van der Waals surface area contributed by atoms with Crippen molar-refractivity contribution in [3.63, 3.8) is 0 Å². The summed E-state index contributed by atoms with van der Waals surface area (Å²) in [7, 11) is 3.60. The topological polar surface area (TPSA) is 90.5 Å². The number of ether oxygens (including phenoxy) is 2. The van der Waals surface area contributed by atoms with Gasteiger partial charge in [-0.15, -0.1) is 0 Å². The van der Waals surface area contributed by atoms with E-state index >= 15 is 0 Å². The van der Waals surface area contributed by atoms with Crippen LogP contribution in [-0.4, -0.2) is 74.7 Å². The number of nitrogens with zero attached hydrogens (tertiary/aromatic N) is 7. The van der Waals surface area contributed by atoms with Crippen LogP contribution in [-0.2, 0) is 16.5 Å². The number of methoxy groups -OCH3 is 1. The second kappa shape index (κ2) is 11.3. The molecule has 2 aliphatic heterocycles. The normalized spacial score (nSPS) is 23.2. The second-order valence-electron chi connectivity index (χ2n) is 11.2. The van der Waals surface area contributed by atoms with Crippen LogP contribution in [0.4, 0.5) is 5.82 Å². The highest BCUT2D eigenvalue weighted by Gasteiger charge is 2.38. The molecule has 2 saturated heterocycles. The SMILES string of the molecule is COCC[C@H]1CN(C(C)c2ccc3nccnc3c2)[C@H](C)CN1c1c2c(ccc(=O)n2C)nn1C1CCCCO1. The summed E-state index contributed by atoms with van der Waals surface area (Å²) >= 11 is 0. The van der Waals surface area contributed by atoms with Gasteiger partial charge >= 0.3 is 0 Å². The van der Waals surface area contributed by atoms with Crippen LogP contribution in [0.1, 0.15) is 57.4 Å². The van der Waals surface area contributed by atoms with E-state index in [-0.39, 0.29) is 29.9 Å². The third kappa shape index (κ3) is 4.88. The van der Waals surface area contributed by atoms with E-state index in [1.807, 2.05) is 13.1 Å². The van der Waals surface area contributed by atoms with Crippen LogP contribution in [0.15, 0.2) is 47.5 Å². The number of pyridine rings is 1. The van der Waals surface area contributed by atoms with Crippen molar-refractivity contribution in [3.8, 4) is 0 Å². The smallest absolute Gasteiger partial charge is 0.250 e. The van der Waals surface area contributed by atoms with Gasteiger partial charge in [0.05, 0.1) is 11.0 Å². The van der Waals surface area contributed by atoms with Gasteiger partial charge in [-0.05, 0) is 63.3 Å². The molecule has 0 aliphatic carbocycles. The first kappa shape index (κ1) is 26.9. The Morgan fingerprint density at radius 3 is 2.65 bits per heavy atom. The van der Waals surface area contributed by atoms with Crippen molar-refractivity contribution in [1.29, 1.82) is 0 Å². The molecule has 0 amide bonds. The lowest BCUT2D eigenvalue weighted by Gasteiger charge is -2.49. The maximum atomic E-state index is 12.8. The quantitative estimate of drug-likeness (QED) is 0.344. The number of benzene rings is 1. The molecule has 1 aromatic carbocycles. The molecule has 40 heavy (non-hydrogen) atoms. The number of rotatable bonds is 7. The number of aromatic nitrogens is 5. The van der Waals surface area contributed by atoms with Gasteiger partial charge in [0.1, 0.15) is 11.0 Å². The average Bonchev–Trinajstić information content (AvgIpc) is 3.38. The average molecular weight is 546 g/mol. The van der Waals surface area contributed by atoms with Crippen molar-refractivity contribution in [2.75, 3.05) is 38.3 Å². The van der Waals surface area contributed by atoms with Crippen molar-refractivity contribution in [3.05, 3.63) is 58.6 Å². The maximum Gasteiger partial charge on any atom is 0.250 e. The summed E-state index contributed by atoms with van der Waals surface area (Å²) in [5.74, 6) is 0.975. The van der Waals surface area contributed by atoms with E-state index in [4.69, 9.17) is 14.6 Å². The number of fused-ring (bicyclic) bond motifs is 2. The van der Waals surface area contributed by atoms with E-state index in [2.05, 4.69) is 56.5 Å². The van der Waals surface area contributed by atoms with Gasteiger partial charge in [0, 0.05) is 77.0 Å². The molecule has 2 aliphatic rings. The first-order chi connectivity index (χ1) is 19.5. The maximum absolute atomic E-state index is 12.8. The molecular formula is C30H39N7O3. The summed E-state index contributed by atoms with van der Waals surface area (Å²) in [6.07, 6.45) is 7.27. The minimum Gasteiger partial charge on any atom is -0.385 e. The summed E-state index contributed by atoms with van der Waals surface area (Å²) in [5, 5.41) is 5.02. The number of aryl methyl sites for hydroxylation is 1. The third-order valence-electron chi connectivity index (χ3n) is 8.66. The number of hydrogen-bond acceptors (Lipinski definition) is 8. The molecule has 0 bridgehead atoms. The first-order valence-corrected chi connectivity index (χ1v) is 14.4. The summed E-state index contributed by atoms with van der Waals surface area (Å²) < 4.78 is 15.6. The molecule has 0 radical (unpaired) electrons. The second-order valence-corrected chi connectivity index (χ2v) is 11.2. The van der Waals surface area contributed by atoms with Gasteiger partial charge in [-0.1, -0.05) is 6.07 Å². The van der Waals surface area contributed by atoms with Gasteiger partial charge in [-0.2, -0.15) is 5.10 Å². The van der Waals surface area contributed by atoms with Gasteiger partial charge in [0.25, 0.3) is 5.56 Å². The zero-order chi connectivity index (χ0) is 27.8. The molecule has 4 aromatic rings.